The van der Waals surface area contributed by atoms with E-state index in [4.69, 9.17) is 21.9 Å². The van der Waals surface area contributed by atoms with Gasteiger partial charge in [-0.2, -0.15) is 0 Å². The minimum atomic E-state index is -1.04. The summed E-state index contributed by atoms with van der Waals surface area (Å²) >= 11 is 0. The summed E-state index contributed by atoms with van der Waals surface area (Å²) in [5.74, 6) is 0. The fourth-order valence-electron chi connectivity index (χ4n) is 4.64. The van der Waals surface area contributed by atoms with E-state index in [2.05, 4.69) is 0 Å². The van der Waals surface area contributed by atoms with Gasteiger partial charge in [-0.1, -0.05) is 151 Å². The maximum absolute atomic E-state index is 9.42. The van der Waals surface area contributed by atoms with Gasteiger partial charge in [-0.05, 0) is 82.5 Å². The Kier molecular flexibility index (Phi) is 2.05. The SMILES string of the molecule is [2H]c1cc([2H])c2c([2H])c(-c3c([2H])c([2H])c(-c4c5c([2H])c([2H])c([2H])c([2H])c5c(-c5c([2H])c([2H])c([2H])c6c([2H])c([2H])c([2H])c([2H])c56)c5c([2H])c([2H])c([2H])c([2H])c45)c([2H])c3[2H])c([2H])c([2H])c2c1[2H]. The lowest BCUT2D eigenvalue weighted by Crippen LogP contribution is -1.91. The molecule has 0 heteroatoms. The van der Waals surface area contributed by atoms with Crippen molar-refractivity contribution in [1.29, 1.82) is 0 Å². The highest BCUT2D eigenvalue weighted by atomic mass is 14.2. The summed E-state index contributed by atoms with van der Waals surface area (Å²) in [6.07, 6.45) is 0. The van der Waals surface area contributed by atoms with Crippen molar-refractivity contribution in [2.75, 3.05) is 0 Å². The zero-order valence-corrected chi connectivity index (χ0v) is 20.1. The smallest absolute Gasteiger partial charge is 0.0616 e. The summed E-state index contributed by atoms with van der Waals surface area (Å²) in [6.45, 7) is 0. The predicted molar refractivity (Wildman–Crippen MR) is 173 cm³/mol. The number of rotatable bonds is 3. The lowest BCUT2D eigenvalue weighted by atomic mass is 9.84. The van der Waals surface area contributed by atoms with Gasteiger partial charge in [0, 0.05) is 0 Å². The zero-order valence-electron chi connectivity index (χ0n) is 45.1. The van der Waals surface area contributed by atoms with E-state index in [0.717, 1.165) is 6.07 Å². The minimum Gasteiger partial charge on any atom is -0.0616 e. The van der Waals surface area contributed by atoms with Crippen LogP contribution in [0.2, 0.25) is 0 Å². The number of hydrogen-bond donors (Lipinski definition) is 0. The molecule has 0 bridgehead atoms. The molecular weight excluding hydrogens is 480 g/mol. The third-order valence-corrected chi connectivity index (χ3v) is 6.36. The molecular formula is C40H26. The molecule has 0 radical (unpaired) electrons. The summed E-state index contributed by atoms with van der Waals surface area (Å²) in [7, 11) is 0. The molecule has 0 aromatic heterocycles. The molecule has 0 aliphatic rings. The Bertz CT molecular complexity index is 3480. The van der Waals surface area contributed by atoms with Gasteiger partial charge in [0.1, 0.15) is 0 Å². The molecule has 8 aromatic carbocycles. The first-order valence-corrected chi connectivity index (χ1v) is 11.8. The summed E-state index contributed by atoms with van der Waals surface area (Å²) in [5.41, 5.74) is -4.30. The zero-order chi connectivity index (χ0) is 48.2. The third kappa shape index (κ3) is 3.61. The van der Waals surface area contributed by atoms with E-state index >= 15 is 0 Å². The summed E-state index contributed by atoms with van der Waals surface area (Å²) < 4.78 is 222. The summed E-state index contributed by atoms with van der Waals surface area (Å²) in [6, 6.07) is -20.9. The van der Waals surface area contributed by atoms with Crippen LogP contribution in [0.3, 0.4) is 0 Å². The van der Waals surface area contributed by atoms with E-state index in [0.29, 0.717) is 0 Å². The molecule has 0 unspecified atom stereocenters. The highest BCUT2D eigenvalue weighted by molar-refractivity contribution is 6.23. The van der Waals surface area contributed by atoms with Gasteiger partial charge >= 0.3 is 0 Å². The van der Waals surface area contributed by atoms with E-state index in [9.17, 15) is 12.3 Å². The van der Waals surface area contributed by atoms with Crippen LogP contribution in [0.15, 0.2) is 157 Å². The normalized spacial score (nSPS) is 20.2. The maximum atomic E-state index is 9.42. The Morgan fingerprint density at radius 1 is 0.325 bits per heavy atom. The van der Waals surface area contributed by atoms with Gasteiger partial charge in [0.2, 0.25) is 0 Å². The molecule has 0 saturated heterocycles. The van der Waals surface area contributed by atoms with Gasteiger partial charge in [0.25, 0.3) is 0 Å². The molecule has 0 aliphatic carbocycles. The second-order valence-electron chi connectivity index (χ2n) is 8.56. The van der Waals surface area contributed by atoms with Crippen molar-refractivity contribution >= 4 is 43.1 Å². The lowest BCUT2D eigenvalue weighted by molar-refractivity contribution is 1.63. The van der Waals surface area contributed by atoms with Crippen LogP contribution in [-0.2, 0) is 0 Å². The Morgan fingerprint density at radius 2 is 0.875 bits per heavy atom. The summed E-state index contributed by atoms with van der Waals surface area (Å²) in [4.78, 5) is 0. The van der Waals surface area contributed by atoms with E-state index in [1.165, 1.54) is 0 Å². The molecule has 0 spiro atoms. The van der Waals surface area contributed by atoms with Gasteiger partial charge in [0.15, 0.2) is 0 Å². The fraction of sp³-hybridized carbons (Fsp3) is 0. The molecule has 186 valence electrons. The van der Waals surface area contributed by atoms with Crippen LogP contribution in [0.5, 0.6) is 0 Å². The molecule has 0 fully saturated rings. The van der Waals surface area contributed by atoms with E-state index in [1.807, 2.05) is 0 Å². The molecule has 40 heavy (non-hydrogen) atoms. The van der Waals surface area contributed by atoms with Crippen LogP contribution in [0.1, 0.15) is 34.3 Å². The van der Waals surface area contributed by atoms with Crippen molar-refractivity contribution in [2.24, 2.45) is 0 Å². The maximum Gasteiger partial charge on any atom is 0.0636 e. The van der Waals surface area contributed by atoms with Crippen molar-refractivity contribution in [2.45, 2.75) is 0 Å². The second-order valence-corrected chi connectivity index (χ2v) is 8.56. The predicted octanol–water partition coefficient (Wildman–Crippen LogP) is 11.3. The minimum absolute atomic E-state index is 0.400. The van der Waals surface area contributed by atoms with Crippen LogP contribution in [0.25, 0.3) is 76.5 Å². The Morgan fingerprint density at radius 3 is 1.60 bits per heavy atom. The topological polar surface area (TPSA) is 0 Å². The van der Waals surface area contributed by atoms with Crippen molar-refractivity contribution in [3.05, 3.63) is 157 Å². The molecule has 0 N–H and O–H groups in total. The first-order chi connectivity index (χ1) is 30.3. The van der Waals surface area contributed by atoms with Gasteiger partial charge in [-0.3, -0.25) is 0 Å². The quantitative estimate of drug-likeness (QED) is 0.199. The number of fused-ring (bicyclic) bond motifs is 4. The van der Waals surface area contributed by atoms with Crippen LogP contribution < -0.4 is 0 Å². The average molecular weight is 532 g/mol. The Labute approximate surface area is 268 Å². The number of hydrogen-bond acceptors (Lipinski definition) is 0. The van der Waals surface area contributed by atoms with Crippen molar-refractivity contribution < 1.29 is 34.3 Å². The molecule has 8 rings (SSSR count). The molecule has 0 aliphatic heterocycles. The van der Waals surface area contributed by atoms with Gasteiger partial charge in [0.05, 0.1) is 34.3 Å². The molecule has 0 saturated carbocycles. The largest absolute Gasteiger partial charge is 0.0636 e. The standard InChI is InChI=1S/C40H26/c1-2-12-31-26-32(25-22-27(31)10-1)28-20-23-30(24-21-28)39-35-15-5-7-17-37(35)40(38-18-8-6-16-36(38)39)34-19-9-13-29-11-3-4-14-33(29)34/h1-26H/i1D,3D,4D,5D,6D,7D,8D,9D,10D,11D,12D,13D,14D,15D,16D,17D,18D,19D,20D,21D,22D,23D,24D,25D,26D. The Balaban J connectivity index is 1.69. The molecule has 0 nitrogen and oxygen atoms in total. The first kappa shape index (κ1) is 8.91. The monoisotopic (exact) mass is 531 g/mol. The third-order valence-electron chi connectivity index (χ3n) is 6.36. The van der Waals surface area contributed by atoms with Gasteiger partial charge < -0.3 is 0 Å². The van der Waals surface area contributed by atoms with Crippen molar-refractivity contribution in [3.8, 4) is 33.4 Å². The first-order valence-electron chi connectivity index (χ1n) is 24.3. The molecule has 0 amide bonds. The van der Waals surface area contributed by atoms with Crippen molar-refractivity contribution in [1.82, 2.24) is 0 Å². The molecule has 0 heterocycles. The second kappa shape index (κ2) is 9.22. The molecule has 8 aromatic rings. The Hall–Kier alpha value is -5.20. The average Bonchev–Trinajstić information content (AvgIpc) is 3.26. The van der Waals surface area contributed by atoms with Crippen LogP contribution in [0, 0.1) is 0 Å². The van der Waals surface area contributed by atoms with E-state index in [1.54, 1.807) is 0 Å². The van der Waals surface area contributed by atoms with E-state index in [-0.39, 0.29) is 0 Å². The fourth-order valence-corrected chi connectivity index (χ4v) is 4.64. The summed E-state index contributed by atoms with van der Waals surface area (Å²) in [5, 5.41) is -4.82. The van der Waals surface area contributed by atoms with Crippen LogP contribution in [0.4, 0.5) is 0 Å². The molecule has 0 atom stereocenters. The van der Waals surface area contributed by atoms with Crippen LogP contribution in [-0.4, -0.2) is 0 Å². The number of benzene rings is 8. The van der Waals surface area contributed by atoms with Gasteiger partial charge in [-0.25, -0.2) is 0 Å². The highest BCUT2D eigenvalue weighted by Crippen LogP contribution is 2.45. The van der Waals surface area contributed by atoms with E-state index < -0.39 is 228 Å². The lowest BCUT2D eigenvalue weighted by Gasteiger charge is -2.19. The van der Waals surface area contributed by atoms with Gasteiger partial charge in [-0.15, -0.1) is 0 Å². The van der Waals surface area contributed by atoms with Crippen LogP contribution >= 0.6 is 0 Å². The van der Waals surface area contributed by atoms with Crippen molar-refractivity contribution in [3.63, 3.8) is 0 Å². The highest BCUT2D eigenvalue weighted by Gasteiger charge is 2.17.